The van der Waals surface area contributed by atoms with Crippen molar-refractivity contribution in [2.24, 2.45) is 0 Å². The number of nitrogens with one attached hydrogen (secondary N) is 1. The average Bonchev–Trinajstić information content (AvgIpc) is 3.09. The Labute approximate surface area is 137 Å². The number of benzene rings is 1. The second-order valence-electron chi connectivity index (χ2n) is 6.42. The number of hydrogen-bond acceptors (Lipinski definition) is 4. The van der Waals surface area contributed by atoms with E-state index in [4.69, 9.17) is 9.47 Å². The highest BCUT2D eigenvalue weighted by Crippen LogP contribution is 2.18. The molecule has 0 saturated carbocycles. The number of amides is 1. The predicted molar refractivity (Wildman–Crippen MR) is 88.9 cm³/mol. The van der Waals surface area contributed by atoms with Gasteiger partial charge < -0.3 is 19.7 Å². The fourth-order valence-electron chi connectivity index (χ4n) is 3.37. The molecule has 1 unspecified atom stereocenters. The van der Waals surface area contributed by atoms with Crippen molar-refractivity contribution >= 4 is 5.91 Å². The Morgan fingerprint density at radius 1 is 1.35 bits per heavy atom. The highest BCUT2D eigenvalue weighted by Gasteiger charge is 2.24. The Kier molecular flexibility index (Phi) is 5.51. The summed E-state index contributed by atoms with van der Waals surface area (Å²) < 4.78 is 10.9. The lowest BCUT2D eigenvalue weighted by Gasteiger charge is -2.33. The van der Waals surface area contributed by atoms with E-state index in [0.717, 1.165) is 39.1 Å². The number of carbonyl (C=O) groups excluding carboxylic acids is 1. The van der Waals surface area contributed by atoms with E-state index in [1.807, 2.05) is 18.2 Å². The second kappa shape index (κ2) is 7.79. The first-order chi connectivity index (χ1) is 11.2. The summed E-state index contributed by atoms with van der Waals surface area (Å²) in [4.78, 5) is 14.8. The standard InChI is InChI=1S/C18H26N2O3/c1-22-16-5-2-4-14(12-16)18(21)19-15-7-9-20(10-8-15)13-17-6-3-11-23-17/h2,4-5,12,15,17H,3,6-11,13H2,1H3,(H,19,21). The number of methoxy groups -OCH3 is 1. The van der Waals surface area contributed by atoms with Crippen LogP contribution in [0.1, 0.15) is 36.0 Å². The molecular weight excluding hydrogens is 292 g/mol. The molecule has 3 rings (SSSR count). The van der Waals surface area contributed by atoms with Crippen molar-refractivity contribution in [3.05, 3.63) is 29.8 Å². The number of rotatable bonds is 5. The third-order valence-corrected chi connectivity index (χ3v) is 4.74. The molecule has 1 aromatic carbocycles. The molecule has 1 N–H and O–H groups in total. The summed E-state index contributed by atoms with van der Waals surface area (Å²) in [5, 5.41) is 3.15. The van der Waals surface area contributed by atoms with E-state index < -0.39 is 0 Å². The molecule has 0 aromatic heterocycles. The number of nitrogens with zero attached hydrogens (tertiary/aromatic N) is 1. The Hall–Kier alpha value is -1.59. The number of piperidine rings is 1. The van der Waals surface area contributed by atoms with Crippen LogP contribution in [0.25, 0.3) is 0 Å². The van der Waals surface area contributed by atoms with E-state index in [1.165, 1.54) is 12.8 Å². The molecule has 2 saturated heterocycles. The number of ether oxygens (including phenoxy) is 2. The van der Waals surface area contributed by atoms with Gasteiger partial charge in [-0.05, 0) is 43.9 Å². The molecule has 126 valence electrons. The summed E-state index contributed by atoms with van der Waals surface area (Å²) in [7, 11) is 1.61. The highest BCUT2D eigenvalue weighted by molar-refractivity contribution is 5.94. The zero-order valence-corrected chi connectivity index (χ0v) is 13.8. The van der Waals surface area contributed by atoms with Gasteiger partial charge in [0.05, 0.1) is 13.2 Å². The topological polar surface area (TPSA) is 50.8 Å². The van der Waals surface area contributed by atoms with E-state index in [2.05, 4.69) is 10.2 Å². The maximum absolute atomic E-state index is 12.3. The fourth-order valence-corrected chi connectivity index (χ4v) is 3.37. The van der Waals surface area contributed by atoms with Crippen LogP contribution in [-0.4, -0.2) is 56.3 Å². The summed E-state index contributed by atoms with van der Waals surface area (Å²) in [6.45, 7) is 4.01. The van der Waals surface area contributed by atoms with Gasteiger partial charge in [-0.3, -0.25) is 4.79 Å². The number of carbonyl (C=O) groups is 1. The van der Waals surface area contributed by atoms with E-state index >= 15 is 0 Å². The van der Waals surface area contributed by atoms with Gasteiger partial charge >= 0.3 is 0 Å². The van der Waals surface area contributed by atoms with Gasteiger partial charge in [-0.15, -0.1) is 0 Å². The maximum atomic E-state index is 12.3. The van der Waals surface area contributed by atoms with Crippen molar-refractivity contribution in [3.63, 3.8) is 0 Å². The average molecular weight is 318 g/mol. The van der Waals surface area contributed by atoms with Gasteiger partial charge in [-0.1, -0.05) is 6.07 Å². The zero-order chi connectivity index (χ0) is 16.1. The largest absolute Gasteiger partial charge is 0.497 e. The van der Waals surface area contributed by atoms with E-state index in [1.54, 1.807) is 13.2 Å². The van der Waals surface area contributed by atoms with Gasteiger partial charge in [0.15, 0.2) is 0 Å². The van der Waals surface area contributed by atoms with Crippen molar-refractivity contribution in [2.45, 2.75) is 37.8 Å². The molecule has 5 nitrogen and oxygen atoms in total. The van der Waals surface area contributed by atoms with Crippen LogP contribution < -0.4 is 10.1 Å². The molecular formula is C18H26N2O3. The molecule has 0 aliphatic carbocycles. The summed E-state index contributed by atoms with van der Waals surface area (Å²) in [6, 6.07) is 7.56. The Bertz CT molecular complexity index is 521. The molecule has 2 aliphatic heterocycles. The Morgan fingerprint density at radius 3 is 2.87 bits per heavy atom. The van der Waals surface area contributed by atoms with Crippen LogP contribution in [-0.2, 0) is 4.74 Å². The van der Waals surface area contributed by atoms with E-state index in [0.29, 0.717) is 17.4 Å². The second-order valence-corrected chi connectivity index (χ2v) is 6.42. The Morgan fingerprint density at radius 2 is 2.17 bits per heavy atom. The maximum Gasteiger partial charge on any atom is 0.251 e. The molecule has 23 heavy (non-hydrogen) atoms. The van der Waals surface area contributed by atoms with E-state index in [9.17, 15) is 4.79 Å². The minimum absolute atomic E-state index is 0.0125. The van der Waals surface area contributed by atoms with Crippen LogP contribution in [0.15, 0.2) is 24.3 Å². The first kappa shape index (κ1) is 16.3. The summed E-state index contributed by atoms with van der Waals surface area (Å²) >= 11 is 0. The van der Waals surface area contributed by atoms with Crippen molar-refractivity contribution in [1.29, 1.82) is 0 Å². The summed E-state index contributed by atoms with van der Waals surface area (Å²) in [5.41, 5.74) is 0.658. The van der Waals surface area contributed by atoms with Crippen LogP contribution >= 0.6 is 0 Å². The molecule has 0 spiro atoms. The monoisotopic (exact) mass is 318 g/mol. The smallest absolute Gasteiger partial charge is 0.251 e. The van der Waals surface area contributed by atoms with E-state index in [-0.39, 0.29) is 11.9 Å². The number of hydrogen-bond donors (Lipinski definition) is 1. The summed E-state index contributed by atoms with van der Waals surface area (Å²) in [5.74, 6) is 0.700. The van der Waals surface area contributed by atoms with Crippen molar-refractivity contribution in [2.75, 3.05) is 33.4 Å². The van der Waals surface area contributed by atoms with Crippen LogP contribution in [0.4, 0.5) is 0 Å². The third kappa shape index (κ3) is 4.45. The SMILES string of the molecule is COc1cccc(C(=O)NC2CCN(CC3CCCO3)CC2)c1. The molecule has 0 radical (unpaired) electrons. The van der Waals surface area contributed by atoms with Crippen molar-refractivity contribution in [1.82, 2.24) is 10.2 Å². The van der Waals surface area contributed by atoms with Gasteiger partial charge in [0, 0.05) is 37.8 Å². The quantitative estimate of drug-likeness (QED) is 0.903. The molecule has 1 atom stereocenters. The first-order valence-corrected chi connectivity index (χ1v) is 8.53. The van der Waals surface area contributed by atoms with Gasteiger partial charge in [0.1, 0.15) is 5.75 Å². The predicted octanol–water partition coefficient (Wildman–Crippen LogP) is 2.07. The van der Waals surface area contributed by atoms with Crippen molar-refractivity contribution in [3.8, 4) is 5.75 Å². The fraction of sp³-hybridized carbons (Fsp3) is 0.611. The molecule has 1 aromatic rings. The zero-order valence-electron chi connectivity index (χ0n) is 13.8. The molecule has 2 aliphatic rings. The molecule has 1 amide bonds. The normalized spacial score (nSPS) is 22.9. The van der Waals surface area contributed by atoms with Crippen LogP contribution in [0.2, 0.25) is 0 Å². The third-order valence-electron chi connectivity index (χ3n) is 4.74. The molecule has 5 heteroatoms. The minimum Gasteiger partial charge on any atom is -0.497 e. The highest BCUT2D eigenvalue weighted by atomic mass is 16.5. The van der Waals surface area contributed by atoms with Crippen LogP contribution in [0.5, 0.6) is 5.75 Å². The van der Waals surface area contributed by atoms with Gasteiger partial charge in [0.25, 0.3) is 5.91 Å². The summed E-state index contributed by atoms with van der Waals surface area (Å²) in [6.07, 6.45) is 4.80. The van der Waals surface area contributed by atoms with Gasteiger partial charge in [-0.2, -0.15) is 0 Å². The lowest BCUT2D eigenvalue weighted by Crippen LogP contribution is -2.46. The lowest BCUT2D eigenvalue weighted by atomic mass is 10.0. The first-order valence-electron chi connectivity index (χ1n) is 8.53. The molecule has 0 bridgehead atoms. The van der Waals surface area contributed by atoms with Gasteiger partial charge in [0.2, 0.25) is 0 Å². The number of likely N-dealkylation sites (tertiary alicyclic amines) is 1. The van der Waals surface area contributed by atoms with Crippen molar-refractivity contribution < 1.29 is 14.3 Å². The van der Waals surface area contributed by atoms with Gasteiger partial charge in [-0.25, -0.2) is 0 Å². The Balaban J connectivity index is 1.45. The van der Waals surface area contributed by atoms with Crippen LogP contribution in [0, 0.1) is 0 Å². The minimum atomic E-state index is -0.0125. The molecule has 2 heterocycles. The molecule has 2 fully saturated rings. The van der Waals surface area contributed by atoms with Crippen LogP contribution in [0.3, 0.4) is 0 Å². The lowest BCUT2D eigenvalue weighted by molar-refractivity contribution is 0.0613.